The van der Waals surface area contributed by atoms with Gasteiger partial charge in [-0.05, 0) is 18.2 Å². The van der Waals surface area contributed by atoms with Gasteiger partial charge in [0.15, 0.2) is 11.4 Å². The molecule has 3 N–H and O–H groups in total. The number of hydrogen-bond donors (Lipinski definition) is 2. The highest BCUT2D eigenvalue weighted by atomic mass is 35.5. The number of fused-ring (bicyclic) bond motifs is 2. The lowest BCUT2D eigenvalue weighted by Crippen LogP contribution is -2.44. The fraction of sp³-hybridized carbons (Fsp3) is 0.227. The third kappa shape index (κ3) is 3.67. The van der Waals surface area contributed by atoms with Crippen LogP contribution in [-0.4, -0.2) is 39.8 Å². The minimum atomic E-state index is -1.32. The van der Waals surface area contributed by atoms with Crippen LogP contribution in [0.3, 0.4) is 0 Å². The number of nitrogens with two attached hydrogens (primary N) is 1. The Morgan fingerprint density at radius 2 is 2.03 bits per heavy atom. The molecule has 1 atom stereocenters. The smallest absolute Gasteiger partial charge is 0.412 e. The number of halogens is 3. The molecule has 2 amide bonds. The van der Waals surface area contributed by atoms with Gasteiger partial charge in [0.05, 0.1) is 33.5 Å². The summed E-state index contributed by atoms with van der Waals surface area (Å²) in [6, 6.07) is 11.7. The molecule has 2 aromatic carbocycles. The molecule has 11 heteroatoms. The second-order valence-corrected chi connectivity index (χ2v) is 8.76. The van der Waals surface area contributed by atoms with Crippen molar-refractivity contribution in [2.45, 2.75) is 18.6 Å². The normalized spacial score (nSPS) is 19.4. The lowest BCUT2D eigenvalue weighted by atomic mass is 9.89. The molecular weight excluding hydrogens is 472 g/mol. The molecule has 33 heavy (non-hydrogen) atoms. The lowest BCUT2D eigenvalue weighted by molar-refractivity contribution is -0.132. The first-order chi connectivity index (χ1) is 15.8. The molecule has 170 valence electrons. The maximum Gasteiger partial charge on any atom is 0.412 e. The summed E-state index contributed by atoms with van der Waals surface area (Å²) in [6.07, 6.45) is -0.477. The summed E-state index contributed by atoms with van der Waals surface area (Å²) in [5.74, 6) is -0.682. The van der Waals surface area contributed by atoms with E-state index in [0.717, 1.165) is 0 Å². The molecule has 3 heterocycles. The number of anilines is 2. The molecule has 1 aromatic heterocycles. The number of carbonyl (C=O) groups excluding carboxylic acids is 2. The maximum absolute atomic E-state index is 14.9. The van der Waals surface area contributed by atoms with Crippen LogP contribution in [0.25, 0.3) is 11.3 Å². The topological polar surface area (TPSA) is 102 Å². The van der Waals surface area contributed by atoms with Crippen molar-refractivity contribution in [1.82, 2.24) is 14.7 Å². The van der Waals surface area contributed by atoms with Crippen molar-refractivity contribution >= 4 is 46.7 Å². The molecule has 0 aliphatic carbocycles. The summed E-state index contributed by atoms with van der Waals surface area (Å²) in [5.41, 5.74) is 6.42. The van der Waals surface area contributed by atoms with Gasteiger partial charge in [-0.2, -0.15) is 5.10 Å². The molecule has 5 rings (SSSR count). The summed E-state index contributed by atoms with van der Waals surface area (Å²) in [4.78, 5) is 26.7. The Kier molecular flexibility index (Phi) is 5.18. The molecule has 2 aliphatic rings. The summed E-state index contributed by atoms with van der Waals surface area (Å²) < 4.78 is 21.8. The highest BCUT2D eigenvalue weighted by molar-refractivity contribution is 6.33. The van der Waals surface area contributed by atoms with E-state index >= 15 is 0 Å². The summed E-state index contributed by atoms with van der Waals surface area (Å²) in [7, 11) is 0. The van der Waals surface area contributed by atoms with Gasteiger partial charge >= 0.3 is 6.09 Å². The fourth-order valence-electron chi connectivity index (χ4n) is 4.33. The van der Waals surface area contributed by atoms with E-state index in [0.29, 0.717) is 22.1 Å². The molecule has 2 aliphatic heterocycles. The van der Waals surface area contributed by atoms with Crippen LogP contribution in [0.4, 0.5) is 20.7 Å². The van der Waals surface area contributed by atoms with Crippen molar-refractivity contribution in [1.29, 1.82) is 0 Å². The Balaban J connectivity index is 1.39. The van der Waals surface area contributed by atoms with Gasteiger partial charge in [0.2, 0.25) is 5.91 Å². The van der Waals surface area contributed by atoms with E-state index in [4.69, 9.17) is 33.7 Å². The van der Waals surface area contributed by atoms with Gasteiger partial charge < -0.3 is 15.4 Å². The molecule has 0 saturated carbocycles. The molecule has 0 unspecified atom stereocenters. The number of carbonyl (C=O) groups is 2. The van der Waals surface area contributed by atoms with Crippen LogP contribution in [-0.2, 0) is 21.7 Å². The van der Waals surface area contributed by atoms with E-state index in [9.17, 15) is 14.0 Å². The number of likely N-dealkylation sites (tertiary alicyclic amines) is 1. The molecule has 1 fully saturated rings. The van der Waals surface area contributed by atoms with Crippen molar-refractivity contribution in [3.8, 4) is 11.3 Å². The van der Waals surface area contributed by atoms with E-state index in [2.05, 4.69) is 10.4 Å². The van der Waals surface area contributed by atoms with Crippen LogP contribution in [0.15, 0.2) is 42.5 Å². The zero-order valence-electron chi connectivity index (χ0n) is 17.1. The largest absolute Gasteiger partial charge is 0.436 e. The standard InChI is InChI=1S/C22H18Cl2FN5O3/c23-13-4-2-1-3-12(13)16-9-17(26)30(28-16)10-18(31)29-8-7-22(11-29)19-15(27-21(32)33-22)6-5-14(24)20(19)25/h1-6,9H,7-8,10-11,26H2,(H,27,32)/t22-/m0/s1. The van der Waals surface area contributed by atoms with Crippen molar-refractivity contribution in [3.63, 3.8) is 0 Å². The van der Waals surface area contributed by atoms with E-state index < -0.39 is 17.5 Å². The Bertz CT molecular complexity index is 1300. The number of amides is 2. The van der Waals surface area contributed by atoms with Crippen LogP contribution in [0.5, 0.6) is 0 Å². The van der Waals surface area contributed by atoms with Crippen molar-refractivity contribution in [2.75, 3.05) is 24.1 Å². The summed E-state index contributed by atoms with van der Waals surface area (Å²) >= 11 is 12.2. The monoisotopic (exact) mass is 489 g/mol. The van der Waals surface area contributed by atoms with Crippen molar-refractivity contribution in [3.05, 3.63) is 63.9 Å². The first-order valence-corrected chi connectivity index (χ1v) is 10.9. The molecule has 1 spiro atoms. The Morgan fingerprint density at radius 1 is 1.24 bits per heavy atom. The van der Waals surface area contributed by atoms with Crippen molar-refractivity contribution < 1.29 is 18.7 Å². The predicted octanol–water partition coefficient (Wildman–Crippen LogP) is 4.27. The fourth-order valence-corrected chi connectivity index (χ4v) is 4.72. The second-order valence-electron chi connectivity index (χ2n) is 7.95. The number of ether oxygens (including phenoxy) is 1. The number of rotatable bonds is 3. The average Bonchev–Trinajstić information content (AvgIpc) is 3.35. The Morgan fingerprint density at radius 3 is 2.82 bits per heavy atom. The SMILES string of the molecule is Nc1cc(-c2ccccc2Cl)nn1CC(=O)N1CC[C@@]2(C1)OC(=O)Nc1ccc(Cl)c(F)c12. The van der Waals surface area contributed by atoms with E-state index in [1.165, 1.54) is 21.7 Å². The van der Waals surface area contributed by atoms with Gasteiger partial charge in [-0.3, -0.25) is 10.1 Å². The minimum absolute atomic E-state index is 0.0118. The summed E-state index contributed by atoms with van der Waals surface area (Å²) in [5, 5.41) is 7.33. The van der Waals surface area contributed by atoms with Gasteiger partial charge in [-0.25, -0.2) is 13.9 Å². The molecule has 0 radical (unpaired) electrons. The van der Waals surface area contributed by atoms with E-state index in [1.54, 1.807) is 18.2 Å². The van der Waals surface area contributed by atoms with Gasteiger partial charge in [0, 0.05) is 24.6 Å². The lowest BCUT2D eigenvalue weighted by Gasteiger charge is -2.35. The molecule has 8 nitrogen and oxygen atoms in total. The first-order valence-electron chi connectivity index (χ1n) is 10.1. The molecule has 0 bridgehead atoms. The quantitative estimate of drug-likeness (QED) is 0.571. The van der Waals surface area contributed by atoms with Gasteiger partial charge in [-0.15, -0.1) is 0 Å². The van der Waals surface area contributed by atoms with Crippen LogP contribution in [0.2, 0.25) is 10.0 Å². The van der Waals surface area contributed by atoms with E-state index in [1.807, 2.05) is 12.1 Å². The maximum atomic E-state index is 14.9. The highest BCUT2D eigenvalue weighted by Gasteiger charge is 2.50. The van der Waals surface area contributed by atoms with Crippen molar-refractivity contribution in [2.24, 2.45) is 0 Å². The van der Waals surface area contributed by atoms with Gasteiger partial charge in [0.1, 0.15) is 12.4 Å². The predicted molar refractivity (Wildman–Crippen MR) is 121 cm³/mol. The van der Waals surface area contributed by atoms with E-state index in [-0.39, 0.29) is 48.2 Å². The number of hydrogen-bond acceptors (Lipinski definition) is 5. The number of nitrogens with one attached hydrogen (secondary N) is 1. The Hall–Kier alpha value is -3.30. The Labute approximate surface area is 198 Å². The van der Waals surface area contributed by atoms with Crippen LogP contribution in [0, 0.1) is 5.82 Å². The molecule has 1 saturated heterocycles. The van der Waals surface area contributed by atoms with Gasteiger partial charge in [0.25, 0.3) is 0 Å². The molecule has 3 aromatic rings. The minimum Gasteiger partial charge on any atom is -0.436 e. The number of aromatic nitrogens is 2. The molecular formula is C22H18Cl2FN5O3. The zero-order valence-corrected chi connectivity index (χ0v) is 18.7. The highest BCUT2D eigenvalue weighted by Crippen LogP contribution is 2.45. The first kappa shape index (κ1) is 21.5. The van der Waals surface area contributed by atoms with Crippen LogP contribution >= 0.6 is 23.2 Å². The third-order valence-electron chi connectivity index (χ3n) is 5.91. The number of nitrogens with zero attached hydrogens (tertiary/aromatic N) is 3. The van der Waals surface area contributed by atoms with Crippen LogP contribution < -0.4 is 11.1 Å². The second kappa shape index (κ2) is 7.93. The van der Waals surface area contributed by atoms with Gasteiger partial charge in [-0.1, -0.05) is 41.4 Å². The number of nitrogen functional groups attached to an aromatic ring is 1. The summed E-state index contributed by atoms with van der Waals surface area (Å²) in [6.45, 7) is 0.113. The third-order valence-corrected chi connectivity index (χ3v) is 6.53. The zero-order chi connectivity index (χ0) is 23.3. The average molecular weight is 490 g/mol. The number of benzene rings is 2. The van der Waals surface area contributed by atoms with Crippen LogP contribution in [0.1, 0.15) is 12.0 Å².